The van der Waals surface area contributed by atoms with E-state index >= 15 is 0 Å². The van der Waals surface area contributed by atoms with E-state index in [1.165, 1.54) is 11.3 Å². The first-order valence-corrected chi connectivity index (χ1v) is 17.0. The van der Waals surface area contributed by atoms with Crippen molar-refractivity contribution in [1.82, 2.24) is 4.98 Å². The normalized spacial score (nSPS) is 29.4. The van der Waals surface area contributed by atoms with Crippen LogP contribution in [0.4, 0.5) is 0 Å². The first kappa shape index (κ1) is 37.8. The van der Waals surface area contributed by atoms with Gasteiger partial charge in [-0.15, -0.1) is 11.3 Å². The molecule has 0 saturated heterocycles. The first-order chi connectivity index (χ1) is 20.9. The Morgan fingerprint density at radius 3 is 2.57 bits per heavy atom. The fourth-order valence-corrected chi connectivity index (χ4v) is 6.17. The molecule has 0 unspecified atom stereocenters. The van der Waals surface area contributed by atoms with Gasteiger partial charge in [-0.3, -0.25) is 0 Å². The molecule has 246 valence electrons. The third-order valence-corrected chi connectivity index (χ3v) is 9.58. The number of nitrogens with zero attached hydrogens (tertiary/aromatic N) is 1. The Hall–Kier alpha value is -2.36. The average molecular weight is 630 g/mol. The zero-order valence-electron chi connectivity index (χ0n) is 27.6. The second-order valence-corrected chi connectivity index (χ2v) is 13.3. The number of fused-ring (bicyclic) bond motifs is 2. The molecule has 7 nitrogen and oxygen atoms in total. The van der Waals surface area contributed by atoms with E-state index in [2.05, 4.69) is 6.92 Å². The Kier molecular flexibility index (Phi) is 16.5. The van der Waals surface area contributed by atoms with Crippen LogP contribution in [0.5, 0.6) is 0 Å². The minimum atomic E-state index is -1.12. The molecule has 8 heteroatoms. The summed E-state index contributed by atoms with van der Waals surface area (Å²) in [6.45, 7) is 13.4. The minimum absolute atomic E-state index is 0.178. The summed E-state index contributed by atoms with van der Waals surface area (Å²) in [5.41, 5.74) is 2.84. The highest BCUT2D eigenvalue weighted by molar-refractivity contribution is 7.09. The number of ether oxygens (including phenoxy) is 1. The molecule has 0 spiro atoms. The van der Waals surface area contributed by atoms with Crippen molar-refractivity contribution < 1.29 is 30.0 Å². The van der Waals surface area contributed by atoms with Gasteiger partial charge in [0.1, 0.15) is 6.10 Å². The number of allylic oxidation sites excluding steroid dienone is 6. The molecule has 1 aromatic rings. The second-order valence-electron chi connectivity index (χ2n) is 12.4. The number of carbonyl (C=O) groups is 1. The third-order valence-electron chi connectivity index (χ3n) is 8.52. The van der Waals surface area contributed by atoms with Crippen LogP contribution in [0.3, 0.4) is 0 Å². The monoisotopic (exact) mass is 629 g/mol. The molecule has 4 N–H and O–H groups in total. The number of aliphatic hydroxyl groups excluding tert-OH is 4. The number of aliphatic hydroxyl groups is 4. The number of hydrogen-bond donors (Lipinski definition) is 4. The van der Waals surface area contributed by atoms with E-state index in [1.54, 1.807) is 31.2 Å². The van der Waals surface area contributed by atoms with Gasteiger partial charge in [0.25, 0.3) is 0 Å². The summed E-state index contributed by atoms with van der Waals surface area (Å²) >= 11 is 1.41. The van der Waals surface area contributed by atoms with Crippen molar-refractivity contribution in [2.24, 2.45) is 11.8 Å². The highest BCUT2D eigenvalue weighted by Gasteiger charge is 2.36. The van der Waals surface area contributed by atoms with Crippen LogP contribution in [-0.2, 0) is 9.53 Å². The number of aromatic nitrogens is 1. The summed E-state index contributed by atoms with van der Waals surface area (Å²) in [6, 6.07) is 0. The van der Waals surface area contributed by atoms with Crippen molar-refractivity contribution >= 4 is 23.4 Å². The Balaban J connectivity index is 2.50. The summed E-state index contributed by atoms with van der Waals surface area (Å²) in [5, 5.41) is 46.5. The van der Waals surface area contributed by atoms with Crippen molar-refractivity contribution in [1.29, 1.82) is 0 Å². The van der Waals surface area contributed by atoms with E-state index in [1.807, 2.05) is 58.2 Å². The molecule has 0 saturated carbocycles. The lowest BCUT2D eigenvalue weighted by molar-refractivity contribution is -0.159. The quantitative estimate of drug-likeness (QED) is 0.124. The van der Waals surface area contributed by atoms with E-state index in [0.29, 0.717) is 24.1 Å². The lowest BCUT2D eigenvalue weighted by Crippen LogP contribution is -2.44. The zero-order valence-corrected chi connectivity index (χ0v) is 28.5. The number of rotatable bonds is 10. The maximum absolute atomic E-state index is 13.8. The van der Waals surface area contributed by atoms with Crippen molar-refractivity contribution in [2.45, 2.75) is 130 Å². The maximum Gasteiger partial charge on any atom is 0.334 e. The van der Waals surface area contributed by atoms with E-state index in [9.17, 15) is 25.2 Å². The molecule has 1 aromatic heterocycles. The molecule has 0 fully saturated rings. The summed E-state index contributed by atoms with van der Waals surface area (Å²) in [6.07, 6.45) is 13.3. The van der Waals surface area contributed by atoms with E-state index < -0.39 is 42.4 Å². The lowest BCUT2D eigenvalue weighted by atomic mass is 9.84. The van der Waals surface area contributed by atoms with Gasteiger partial charge in [0, 0.05) is 29.2 Å². The molecule has 2 rings (SSSR count). The Morgan fingerprint density at radius 1 is 1.16 bits per heavy atom. The Morgan fingerprint density at radius 2 is 1.89 bits per heavy atom. The van der Waals surface area contributed by atoms with Crippen molar-refractivity contribution in [3.63, 3.8) is 0 Å². The minimum Gasteiger partial charge on any atom is -0.456 e. The van der Waals surface area contributed by atoms with Crippen LogP contribution in [0.2, 0.25) is 0 Å². The van der Waals surface area contributed by atoms with E-state index in [0.717, 1.165) is 41.8 Å². The molecule has 2 heterocycles. The highest BCUT2D eigenvalue weighted by Crippen LogP contribution is 2.30. The number of unbranched alkanes of at least 4 members (excludes halogenated alkanes) is 3. The summed E-state index contributed by atoms with van der Waals surface area (Å²) in [7, 11) is 0. The van der Waals surface area contributed by atoms with Crippen LogP contribution in [0.25, 0.3) is 6.08 Å². The molecular formula is C36H55NO6S. The summed E-state index contributed by atoms with van der Waals surface area (Å²) < 4.78 is 6.14. The van der Waals surface area contributed by atoms with Gasteiger partial charge in [-0.1, -0.05) is 89.0 Å². The molecule has 0 amide bonds. The van der Waals surface area contributed by atoms with Gasteiger partial charge in [-0.05, 0) is 57.6 Å². The van der Waals surface area contributed by atoms with Gasteiger partial charge in [-0.2, -0.15) is 0 Å². The summed E-state index contributed by atoms with van der Waals surface area (Å²) in [4.78, 5) is 18.5. The summed E-state index contributed by atoms with van der Waals surface area (Å²) in [5.74, 6) is -1.65. The predicted molar refractivity (Wildman–Crippen MR) is 180 cm³/mol. The molecule has 1 aliphatic rings. The Labute approximate surface area is 268 Å². The van der Waals surface area contributed by atoms with Gasteiger partial charge < -0.3 is 25.2 Å². The molecule has 0 aromatic carbocycles. The number of esters is 1. The number of hydrogen-bond acceptors (Lipinski definition) is 8. The standard InChI is InChI=1S/C36H55NO6S/c1-8-10-11-14-17-28-20-29-22-44-35(37-29)26(6)31(39)21-30(38)18-15-12-13-16-24(4)34(43-36(28)42)33(41)27(7)32(40)25(5)19-23(3)9-2/h9,12-13,15,18-20,22,24,26-27,30-34,38-41H,8,10-11,14,16-17,21H2,1-7H3/b13-12-,18-15+,23-9+,25-19+,28-20+/t24-,26+,27-,30+,31-,32+,33+,34+/m0/s1. The fraction of sp³-hybridized carbons (Fsp3) is 0.611. The molecule has 8 atom stereocenters. The molecule has 2 bridgehead atoms. The number of thiazole rings is 1. The molecule has 0 aliphatic carbocycles. The molecule has 44 heavy (non-hydrogen) atoms. The van der Waals surface area contributed by atoms with Crippen LogP contribution < -0.4 is 0 Å². The topological polar surface area (TPSA) is 120 Å². The smallest absolute Gasteiger partial charge is 0.334 e. The fourth-order valence-electron chi connectivity index (χ4n) is 5.27. The van der Waals surface area contributed by atoms with Crippen LogP contribution in [0, 0.1) is 11.8 Å². The van der Waals surface area contributed by atoms with Crippen molar-refractivity contribution in [3.8, 4) is 0 Å². The third kappa shape index (κ3) is 11.9. The van der Waals surface area contributed by atoms with Crippen LogP contribution in [-0.4, -0.2) is 61.9 Å². The van der Waals surface area contributed by atoms with Gasteiger partial charge in [0.2, 0.25) is 0 Å². The maximum atomic E-state index is 13.8. The largest absolute Gasteiger partial charge is 0.456 e. The predicted octanol–water partition coefficient (Wildman–Crippen LogP) is 7.05. The first-order valence-electron chi connectivity index (χ1n) is 16.1. The Bertz CT molecular complexity index is 1180. The lowest BCUT2D eigenvalue weighted by Gasteiger charge is -2.34. The van der Waals surface area contributed by atoms with E-state index in [4.69, 9.17) is 9.72 Å². The second kappa shape index (κ2) is 19.2. The van der Waals surface area contributed by atoms with Crippen LogP contribution in [0.15, 0.2) is 58.6 Å². The highest BCUT2D eigenvalue weighted by atomic mass is 32.1. The molecule has 1 aliphatic heterocycles. The van der Waals surface area contributed by atoms with Gasteiger partial charge in [-0.25, -0.2) is 9.78 Å². The molecular weight excluding hydrogens is 574 g/mol. The van der Waals surface area contributed by atoms with Crippen molar-refractivity contribution in [2.75, 3.05) is 0 Å². The van der Waals surface area contributed by atoms with Crippen molar-refractivity contribution in [3.05, 3.63) is 69.3 Å². The van der Waals surface area contributed by atoms with Gasteiger partial charge in [0.15, 0.2) is 0 Å². The van der Waals surface area contributed by atoms with E-state index in [-0.39, 0.29) is 18.3 Å². The average Bonchev–Trinajstić information content (AvgIpc) is 3.47. The number of cyclic esters (lactones) is 1. The van der Waals surface area contributed by atoms with Crippen LogP contribution >= 0.6 is 11.3 Å². The molecule has 0 radical (unpaired) electrons. The van der Waals surface area contributed by atoms with Gasteiger partial charge in [0.05, 0.1) is 35.1 Å². The SMILES string of the molecule is C/C=C(C)/C=C(\C)[C@@H](O)[C@H](C)[C@@H](O)[C@@H]1OC(=O)/C(CCCCCC)=C/c2csc(n2)[C@H](C)[C@@H](O)C[C@H](O)/C=C/C=C\C[C@@H]1C. The zero-order chi connectivity index (χ0) is 32.8. The number of carbonyl (C=O) groups excluding carboxylic acids is 1. The van der Waals surface area contributed by atoms with Gasteiger partial charge >= 0.3 is 5.97 Å². The van der Waals surface area contributed by atoms with Crippen LogP contribution in [0.1, 0.15) is 110 Å².